The van der Waals surface area contributed by atoms with Crippen LogP contribution in [0.1, 0.15) is 26.5 Å². The molecule has 1 amide bonds. The minimum absolute atomic E-state index is 0.362. The van der Waals surface area contributed by atoms with Crippen LogP contribution in [0, 0.1) is 6.92 Å². The topological polar surface area (TPSA) is 53.4 Å². The Bertz CT molecular complexity index is 413. The summed E-state index contributed by atoms with van der Waals surface area (Å²) in [7, 11) is 0. The number of hydrogen-bond donors (Lipinski definition) is 1. The fourth-order valence-electron chi connectivity index (χ4n) is 1.51. The zero-order valence-electron chi connectivity index (χ0n) is 9.78. The van der Waals surface area contributed by atoms with Crippen molar-refractivity contribution < 1.29 is 9.90 Å². The van der Waals surface area contributed by atoms with Crippen molar-refractivity contribution in [3.8, 4) is 0 Å². The first-order valence-corrected chi connectivity index (χ1v) is 5.27. The lowest BCUT2D eigenvalue weighted by Gasteiger charge is -2.33. The summed E-state index contributed by atoms with van der Waals surface area (Å²) in [5.74, 6) is 0. The molecule has 1 aromatic heterocycles. The molecule has 0 aliphatic heterocycles. The zero-order chi connectivity index (χ0) is 12.5. The predicted molar refractivity (Wildman–Crippen MR) is 64.2 cm³/mol. The monoisotopic (exact) mass is 242 g/mol. The van der Waals surface area contributed by atoms with Crippen molar-refractivity contribution in [2.24, 2.45) is 0 Å². The fourth-order valence-corrected chi connectivity index (χ4v) is 1.70. The number of anilines is 1. The maximum absolute atomic E-state index is 11.2. The normalized spacial score (nSPS) is 11.3. The Morgan fingerprint density at radius 2 is 2.00 bits per heavy atom. The number of aryl methyl sites for hydroxylation is 1. The van der Waals surface area contributed by atoms with E-state index < -0.39 is 11.6 Å². The van der Waals surface area contributed by atoms with Gasteiger partial charge in [0.05, 0.1) is 11.4 Å². The molecule has 0 atom stereocenters. The van der Waals surface area contributed by atoms with Gasteiger partial charge in [-0.2, -0.15) is 0 Å². The zero-order valence-corrected chi connectivity index (χ0v) is 10.5. The summed E-state index contributed by atoms with van der Waals surface area (Å²) in [6, 6.07) is 3.26. The standard InChI is InChI=1S/C11H15ClN2O2/c1-7-8(5-6-9(12)13-7)14(10(15)16)11(2,3)4/h5-6H,1-4H3,(H,15,16). The number of aromatic nitrogens is 1. The molecule has 1 rings (SSSR count). The van der Waals surface area contributed by atoms with Gasteiger partial charge in [0.2, 0.25) is 0 Å². The Morgan fingerprint density at radius 3 is 2.38 bits per heavy atom. The minimum Gasteiger partial charge on any atom is -0.465 e. The van der Waals surface area contributed by atoms with E-state index in [1.165, 1.54) is 4.90 Å². The average molecular weight is 243 g/mol. The van der Waals surface area contributed by atoms with Crippen LogP contribution in [0.3, 0.4) is 0 Å². The molecule has 0 fully saturated rings. The van der Waals surface area contributed by atoms with Crippen LogP contribution in [-0.4, -0.2) is 21.7 Å². The Balaban J connectivity index is 3.28. The van der Waals surface area contributed by atoms with E-state index in [1.807, 2.05) is 20.8 Å². The highest BCUT2D eigenvalue weighted by atomic mass is 35.5. The molecule has 4 nitrogen and oxygen atoms in total. The number of rotatable bonds is 1. The number of nitrogens with zero attached hydrogens (tertiary/aromatic N) is 2. The van der Waals surface area contributed by atoms with Crippen LogP contribution in [-0.2, 0) is 0 Å². The van der Waals surface area contributed by atoms with Crippen LogP contribution in [0.2, 0.25) is 5.15 Å². The molecule has 1 N–H and O–H groups in total. The molecule has 1 aromatic rings. The van der Waals surface area contributed by atoms with E-state index >= 15 is 0 Å². The second-order valence-electron chi connectivity index (χ2n) is 4.53. The Labute approximate surface area is 99.9 Å². The highest BCUT2D eigenvalue weighted by Gasteiger charge is 2.29. The van der Waals surface area contributed by atoms with Gasteiger partial charge < -0.3 is 5.11 Å². The van der Waals surface area contributed by atoms with E-state index in [0.717, 1.165) is 0 Å². The minimum atomic E-state index is -1.00. The van der Waals surface area contributed by atoms with Crippen LogP contribution >= 0.6 is 11.6 Å². The molecule has 0 unspecified atom stereocenters. The number of carbonyl (C=O) groups is 1. The molecule has 0 spiro atoms. The number of carboxylic acid groups (broad SMARTS) is 1. The molecule has 5 heteroatoms. The van der Waals surface area contributed by atoms with Gasteiger partial charge in [0, 0.05) is 5.54 Å². The van der Waals surface area contributed by atoms with Crippen molar-refractivity contribution in [3.05, 3.63) is 23.0 Å². The molecular formula is C11H15ClN2O2. The van der Waals surface area contributed by atoms with Crippen LogP contribution in [0.4, 0.5) is 10.5 Å². The summed E-state index contributed by atoms with van der Waals surface area (Å²) in [6.07, 6.45) is -1.00. The molecule has 0 saturated heterocycles. The summed E-state index contributed by atoms with van der Waals surface area (Å²) in [6.45, 7) is 7.22. The first kappa shape index (κ1) is 12.8. The number of halogens is 1. The van der Waals surface area contributed by atoms with Gasteiger partial charge in [0.25, 0.3) is 0 Å². The Hall–Kier alpha value is -1.29. The van der Waals surface area contributed by atoms with Crippen LogP contribution in [0.5, 0.6) is 0 Å². The van der Waals surface area contributed by atoms with Gasteiger partial charge in [-0.05, 0) is 39.8 Å². The number of hydrogen-bond acceptors (Lipinski definition) is 2. The van der Waals surface area contributed by atoms with Crippen molar-refractivity contribution in [3.63, 3.8) is 0 Å². The largest absolute Gasteiger partial charge is 0.465 e. The fraction of sp³-hybridized carbons (Fsp3) is 0.455. The number of pyridine rings is 1. The van der Waals surface area contributed by atoms with Crippen molar-refractivity contribution in [1.29, 1.82) is 0 Å². The van der Waals surface area contributed by atoms with Crippen molar-refractivity contribution >= 4 is 23.4 Å². The van der Waals surface area contributed by atoms with Gasteiger partial charge in [-0.25, -0.2) is 9.78 Å². The molecule has 1 heterocycles. The third-order valence-corrected chi connectivity index (χ3v) is 2.34. The second-order valence-corrected chi connectivity index (χ2v) is 4.91. The molecule has 0 bridgehead atoms. The molecule has 0 aromatic carbocycles. The SMILES string of the molecule is Cc1nc(Cl)ccc1N(C(=O)O)C(C)(C)C. The lowest BCUT2D eigenvalue weighted by atomic mass is 10.1. The first-order valence-electron chi connectivity index (χ1n) is 4.90. The summed E-state index contributed by atoms with van der Waals surface area (Å²) in [5, 5.41) is 9.58. The van der Waals surface area contributed by atoms with Gasteiger partial charge in [-0.3, -0.25) is 4.90 Å². The van der Waals surface area contributed by atoms with Crippen molar-refractivity contribution in [1.82, 2.24) is 4.98 Å². The van der Waals surface area contributed by atoms with Gasteiger partial charge in [0.1, 0.15) is 5.15 Å². The summed E-state index contributed by atoms with van der Waals surface area (Å²) in [4.78, 5) is 16.6. The summed E-state index contributed by atoms with van der Waals surface area (Å²) in [5.41, 5.74) is 0.640. The lowest BCUT2D eigenvalue weighted by molar-refractivity contribution is 0.195. The Morgan fingerprint density at radius 1 is 1.44 bits per heavy atom. The van der Waals surface area contributed by atoms with Gasteiger partial charge in [-0.15, -0.1) is 0 Å². The maximum Gasteiger partial charge on any atom is 0.412 e. The second kappa shape index (κ2) is 4.29. The van der Waals surface area contributed by atoms with E-state index in [-0.39, 0.29) is 0 Å². The third-order valence-electron chi connectivity index (χ3n) is 2.13. The van der Waals surface area contributed by atoms with Crippen molar-refractivity contribution in [2.45, 2.75) is 33.2 Å². The van der Waals surface area contributed by atoms with E-state index in [0.29, 0.717) is 16.5 Å². The Kier molecular flexibility index (Phi) is 3.43. The van der Waals surface area contributed by atoms with Gasteiger partial charge in [-0.1, -0.05) is 11.6 Å². The molecule has 88 valence electrons. The quantitative estimate of drug-likeness (QED) is 0.769. The van der Waals surface area contributed by atoms with E-state index in [2.05, 4.69) is 4.98 Å². The van der Waals surface area contributed by atoms with Crippen LogP contribution in [0.15, 0.2) is 12.1 Å². The molecule has 0 aliphatic carbocycles. The smallest absolute Gasteiger partial charge is 0.412 e. The first-order chi connectivity index (χ1) is 7.23. The molecule has 0 radical (unpaired) electrons. The van der Waals surface area contributed by atoms with Crippen LogP contribution in [0.25, 0.3) is 0 Å². The molecule has 0 saturated carbocycles. The molecule has 0 aliphatic rings. The summed E-state index contributed by atoms with van der Waals surface area (Å²) >= 11 is 5.74. The van der Waals surface area contributed by atoms with E-state index in [1.54, 1.807) is 19.1 Å². The number of amides is 1. The average Bonchev–Trinajstić information content (AvgIpc) is 2.06. The van der Waals surface area contributed by atoms with E-state index in [4.69, 9.17) is 11.6 Å². The van der Waals surface area contributed by atoms with Gasteiger partial charge >= 0.3 is 6.09 Å². The van der Waals surface area contributed by atoms with Crippen LogP contribution < -0.4 is 4.90 Å². The van der Waals surface area contributed by atoms with E-state index in [9.17, 15) is 9.90 Å². The lowest BCUT2D eigenvalue weighted by Crippen LogP contribution is -2.45. The summed E-state index contributed by atoms with van der Waals surface area (Å²) < 4.78 is 0. The highest BCUT2D eigenvalue weighted by Crippen LogP contribution is 2.27. The predicted octanol–water partition coefficient (Wildman–Crippen LogP) is 3.33. The third kappa shape index (κ3) is 2.64. The molecule has 16 heavy (non-hydrogen) atoms. The van der Waals surface area contributed by atoms with Gasteiger partial charge in [0.15, 0.2) is 0 Å². The maximum atomic E-state index is 11.2. The highest BCUT2D eigenvalue weighted by molar-refractivity contribution is 6.29. The van der Waals surface area contributed by atoms with Crippen molar-refractivity contribution in [2.75, 3.05) is 4.90 Å². The molecular weight excluding hydrogens is 228 g/mol.